The predicted molar refractivity (Wildman–Crippen MR) is 123 cm³/mol. The van der Waals surface area contributed by atoms with Gasteiger partial charge in [0.15, 0.2) is 0 Å². The summed E-state index contributed by atoms with van der Waals surface area (Å²) in [6, 6.07) is 5.42. The summed E-state index contributed by atoms with van der Waals surface area (Å²) in [5.74, 6) is -0.926. The van der Waals surface area contributed by atoms with Crippen LogP contribution in [-0.2, 0) is 19.8 Å². The molecule has 35 heavy (non-hydrogen) atoms. The van der Waals surface area contributed by atoms with E-state index in [-0.39, 0.29) is 29.8 Å². The molecule has 0 unspecified atom stereocenters. The monoisotopic (exact) mass is 490 g/mol. The summed E-state index contributed by atoms with van der Waals surface area (Å²) in [6.07, 6.45) is -3.01. The van der Waals surface area contributed by atoms with Gasteiger partial charge in [0.05, 0.1) is 29.0 Å². The van der Waals surface area contributed by atoms with Crippen molar-refractivity contribution in [3.05, 3.63) is 57.8 Å². The Morgan fingerprint density at radius 2 is 1.91 bits per heavy atom. The number of halogens is 4. The molecule has 0 N–H and O–H groups in total. The van der Waals surface area contributed by atoms with Crippen molar-refractivity contribution in [2.24, 2.45) is 7.05 Å². The minimum atomic E-state index is -4.67. The number of benzene rings is 1. The van der Waals surface area contributed by atoms with Crippen molar-refractivity contribution in [1.82, 2.24) is 19.2 Å². The van der Waals surface area contributed by atoms with Crippen LogP contribution >= 0.6 is 0 Å². The Bertz CT molecular complexity index is 1360. The number of nitriles is 1. The zero-order chi connectivity index (χ0) is 25.7. The first-order chi connectivity index (χ1) is 16.4. The zero-order valence-electron chi connectivity index (χ0n) is 19.8. The summed E-state index contributed by atoms with van der Waals surface area (Å²) >= 11 is 0. The summed E-state index contributed by atoms with van der Waals surface area (Å²) in [7, 11) is 1.64. The van der Waals surface area contributed by atoms with Gasteiger partial charge in [0.1, 0.15) is 17.9 Å². The quantitative estimate of drug-likeness (QED) is 0.516. The van der Waals surface area contributed by atoms with Gasteiger partial charge < -0.3 is 9.47 Å². The smallest absolute Gasteiger partial charge is 0.364 e. The fraction of sp³-hybridized carbons (Fsp3) is 0.458. The summed E-state index contributed by atoms with van der Waals surface area (Å²) in [4.78, 5) is 16.7. The first kappa shape index (κ1) is 24.7. The standard InChI is InChI=1S/C24H26F4N6O/c1-14-12-34(20-10-22(35)31(4)21-13-32(8-7-29)30-23(20)21)15(2)11-33(14)16(3)18-6-5-17(25)9-19(18)24(26,27)28/h5-6,9-10,13-16H,8,11-12H2,1-4H3/t14-,15+,16-/m1/s1. The SMILES string of the molecule is C[C@@H]1CN(c2cc(=O)n(C)c3cn(CC#N)nc23)[C@@H](C)CN1[C@H](C)c1ccc(F)cc1C(F)(F)F. The van der Waals surface area contributed by atoms with Gasteiger partial charge in [0.2, 0.25) is 0 Å². The van der Waals surface area contributed by atoms with E-state index in [4.69, 9.17) is 5.26 Å². The van der Waals surface area contributed by atoms with Gasteiger partial charge in [-0.2, -0.15) is 23.5 Å². The molecule has 3 aromatic rings. The fourth-order valence-electron chi connectivity index (χ4n) is 4.96. The number of alkyl halides is 3. The van der Waals surface area contributed by atoms with Gasteiger partial charge in [0, 0.05) is 44.3 Å². The number of rotatable bonds is 4. The van der Waals surface area contributed by atoms with E-state index in [0.717, 1.165) is 6.07 Å². The van der Waals surface area contributed by atoms with E-state index in [9.17, 15) is 22.4 Å². The van der Waals surface area contributed by atoms with Gasteiger partial charge in [-0.1, -0.05) is 6.07 Å². The maximum Gasteiger partial charge on any atom is 0.416 e. The molecule has 7 nitrogen and oxygen atoms in total. The highest BCUT2D eigenvalue weighted by Gasteiger charge is 2.39. The van der Waals surface area contributed by atoms with Crippen LogP contribution in [0.25, 0.3) is 11.0 Å². The number of nitrogens with zero attached hydrogens (tertiary/aromatic N) is 6. The van der Waals surface area contributed by atoms with Crippen LogP contribution in [0.5, 0.6) is 0 Å². The number of hydrogen-bond acceptors (Lipinski definition) is 5. The lowest BCUT2D eigenvalue weighted by Crippen LogP contribution is -2.57. The number of hydrogen-bond donors (Lipinski definition) is 0. The molecule has 2 aromatic heterocycles. The Kier molecular flexibility index (Phi) is 6.36. The third-order valence-corrected chi connectivity index (χ3v) is 6.78. The minimum absolute atomic E-state index is 0.0256. The molecule has 1 aromatic carbocycles. The largest absolute Gasteiger partial charge is 0.416 e. The Hall–Kier alpha value is -3.39. The van der Waals surface area contributed by atoms with E-state index < -0.39 is 23.6 Å². The summed E-state index contributed by atoms with van der Waals surface area (Å²) in [5, 5.41) is 13.5. The first-order valence-corrected chi connectivity index (χ1v) is 11.3. The molecule has 3 atom stereocenters. The molecular formula is C24H26F4N6O. The molecule has 186 valence electrons. The highest BCUT2D eigenvalue weighted by atomic mass is 19.4. The van der Waals surface area contributed by atoms with Crippen molar-refractivity contribution in [2.45, 2.75) is 51.6 Å². The van der Waals surface area contributed by atoms with Crippen LogP contribution in [0, 0.1) is 17.1 Å². The highest BCUT2D eigenvalue weighted by molar-refractivity contribution is 5.88. The molecule has 0 bridgehead atoms. The van der Waals surface area contributed by atoms with E-state index in [1.807, 2.05) is 29.7 Å². The Labute approximate surface area is 199 Å². The predicted octanol–water partition coefficient (Wildman–Crippen LogP) is 4.08. The van der Waals surface area contributed by atoms with Crippen LogP contribution in [0.2, 0.25) is 0 Å². The first-order valence-electron chi connectivity index (χ1n) is 11.3. The summed E-state index contributed by atoms with van der Waals surface area (Å²) in [5.41, 5.74) is 0.645. The maximum atomic E-state index is 13.6. The lowest BCUT2D eigenvalue weighted by atomic mass is 9.96. The average Bonchev–Trinajstić information content (AvgIpc) is 3.21. The molecule has 1 saturated heterocycles. The second kappa shape index (κ2) is 9.00. The average molecular weight is 491 g/mol. The van der Waals surface area contributed by atoms with Gasteiger partial charge in [-0.15, -0.1) is 0 Å². The van der Waals surface area contributed by atoms with Gasteiger partial charge in [-0.05, 0) is 38.5 Å². The normalized spacial score (nSPS) is 20.3. The molecular weight excluding hydrogens is 464 g/mol. The van der Waals surface area contributed by atoms with Crippen molar-refractivity contribution >= 4 is 16.7 Å². The Morgan fingerprint density at radius 3 is 2.57 bits per heavy atom. The highest BCUT2D eigenvalue weighted by Crippen LogP contribution is 2.39. The molecule has 3 heterocycles. The van der Waals surface area contributed by atoms with Crippen molar-refractivity contribution in [3.8, 4) is 6.07 Å². The van der Waals surface area contributed by atoms with Crippen molar-refractivity contribution in [1.29, 1.82) is 5.26 Å². The molecule has 0 amide bonds. The second-order valence-corrected chi connectivity index (χ2v) is 9.10. The third kappa shape index (κ3) is 4.50. The van der Waals surface area contributed by atoms with Gasteiger partial charge in [-0.3, -0.25) is 14.4 Å². The van der Waals surface area contributed by atoms with Gasteiger partial charge in [0.25, 0.3) is 5.56 Å². The zero-order valence-corrected chi connectivity index (χ0v) is 19.8. The van der Waals surface area contributed by atoms with Crippen molar-refractivity contribution < 1.29 is 17.6 Å². The van der Waals surface area contributed by atoms with Crippen molar-refractivity contribution in [2.75, 3.05) is 18.0 Å². The molecule has 0 spiro atoms. The van der Waals surface area contributed by atoms with E-state index >= 15 is 0 Å². The van der Waals surface area contributed by atoms with Gasteiger partial charge >= 0.3 is 6.18 Å². The lowest BCUT2D eigenvalue weighted by Gasteiger charge is -2.48. The topological polar surface area (TPSA) is 70.1 Å². The van der Waals surface area contributed by atoms with Crippen LogP contribution in [0.4, 0.5) is 23.2 Å². The third-order valence-electron chi connectivity index (χ3n) is 6.78. The second-order valence-electron chi connectivity index (χ2n) is 9.10. The van der Waals surface area contributed by atoms with Crippen LogP contribution in [0.15, 0.2) is 35.3 Å². The van der Waals surface area contributed by atoms with Gasteiger partial charge in [-0.25, -0.2) is 4.39 Å². The summed E-state index contributed by atoms with van der Waals surface area (Å²) < 4.78 is 57.5. The molecule has 4 rings (SSSR count). The lowest BCUT2D eigenvalue weighted by molar-refractivity contribution is -0.139. The number of piperazine rings is 1. The van der Waals surface area contributed by atoms with E-state index in [0.29, 0.717) is 35.9 Å². The molecule has 0 aliphatic carbocycles. The Morgan fingerprint density at radius 1 is 1.20 bits per heavy atom. The van der Waals surface area contributed by atoms with E-state index in [1.165, 1.54) is 21.4 Å². The molecule has 0 radical (unpaired) electrons. The Balaban J connectivity index is 1.68. The van der Waals surface area contributed by atoms with Crippen LogP contribution in [-0.4, -0.2) is 44.4 Å². The van der Waals surface area contributed by atoms with Crippen LogP contribution in [0.3, 0.4) is 0 Å². The van der Waals surface area contributed by atoms with Crippen LogP contribution in [0.1, 0.15) is 37.9 Å². The number of anilines is 1. The number of aryl methyl sites for hydroxylation is 1. The minimum Gasteiger partial charge on any atom is -0.364 e. The van der Waals surface area contributed by atoms with E-state index in [1.54, 1.807) is 20.2 Å². The van der Waals surface area contributed by atoms with Crippen molar-refractivity contribution in [3.63, 3.8) is 0 Å². The molecule has 1 aliphatic heterocycles. The van der Waals surface area contributed by atoms with E-state index in [2.05, 4.69) is 5.10 Å². The molecule has 1 fully saturated rings. The molecule has 11 heteroatoms. The fourth-order valence-corrected chi connectivity index (χ4v) is 4.96. The van der Waals surface area contributed by atoms with Crippen LogP contribution < -0.4 is 10.5 Å². The molecule has 1 aliphatic rings. The maximum absolute atomic E-state index is 13.6. The number of aromatic nitrogens is 3. The number of pyridine rings is 1. The molecule has 0 saturated carbocycles. The summed E-state index contributed by atoms with van der Waals surface area (Å²) in [6.45, 7) is 6.46. The number of fused-ring (bicyclic) bond motifs is 1.